The quantitative estimate of drug-likeness (QED) is 0.399. The number of ether oxygens (including phenoxy) is 2. The summed E-state index contributed by atoms with van der Waals surface area (Å²) in [6.07, 6.45) is 9.48. The summed E-state index contributed by atoms with van der Waals surface area (Å²) >= 11 is 0. The topological polar surface area (TPSA) is 52.6 Å². The molecule has 1 unspecified atom stereocenters. The Morgan fingerprint density at radius 3 is 2.50 bits per heavy atom. The number of hydrogen-bond acceptors (Lipinski definition) is 4. The van der Waals surface area contributed by atoms with Gasteiger partial charge in [0.15, 0.2) is 11.4 Å². The zero-order valence-corrected chi connectivity index (χ0v) is 16.0. The average Bonchev–Trinajstić information content (AvgIpc) is 2.91. The lowest BCUT2D eigenvalue weighted by atomic mass is 9.96. The first kappa shape index (κ1) is 20.2. The molecule has 142 valence electrons. The van der Waals surface area contributed by atoms with Gasteiger partial charge in [-0.15, -0.1) is 0 Å². The SMILES string of the molecule is CCCCCCCCC1(C)OC(=O)C=C1OCC(=O)Cc1ccccc1. The van der Waals surface area contributed by atoms with Crippen molar-refractivity contribution in [2.45, 2.75) is 70.8 Å². The van der Waals surface area contributed by atoms with Gasteiger partial charge in [-0.3, -0.25) is 4.79 Å². The van der Waals surface area contributed by atoms with Gasteiger partial charge >= 0.3 is 5.97 Å². The van der Waals surface area contributed by atoms with Gasteiger partial charge in [0.05, 0.1) is 6.08 Å². The summed E-state index contributed by atoms with van der Waals surface area (Å²) in [4.78, 5) is 23.9. The van der Waals surface area contributed by atoms with E-state index in [4.69, 9.17) is 9.47 Å². The molecule has 0 saturated heterocycles. The molecule has 2 rings (SSSR count). The number of cyclic esters (lactones) is 1. The Labute approximate surface area is 156 Å². The van der Waals surface area contributed by atoms with E-state index < -0.39 is 5.60 Å². The van der Waals surface area contributed by atoms with Crippen LogP contribution < -0.4 is 0 Å². The standard InChI is InChI=1S/C22H30O4/c1-3-4-5-6-7-11-14-22(2)20(16-21(24)26-22)25-17-19(23)15-18-12-9-8-10-13-18/h8-10,12-13,16H,3-7,11,14-15,17H2,1-2H3. The van der Waals surface area contributed by atoms with Gasteiger partial charge < -0.3 is 9.47 Å². The Kier molecular flexibility index (Phi) is 7.89. The van der Waals surface area contributed by atoms with E-state index in [0.717, 1.165) is 24.8 Å². The number of Topliss-reactive ketones (excluding diaryl/α,β-unsaturated/α-hetero) is 1. The van der Waals surface area contributed by atoms with Crippen molar-refractivity contribution >= 4 is 11.8 Å². The molecule has 0 spiro atoms. The van der Waals surface area contributed by atoms with Crippen molar-refractivity contribution in [3.8, 4) is 0 Å². The van der Waals surface area contributed by atoms with E-state index in [0.29, 0.717) is 12.2 Å². The second-order valence-corrected chi connectivity index (χ2v) is 7.17. The number of benzene rings is 1. The Morgan fingerprint density at radius 2 is 1.77 bits per heavy atom. The van der Waals surface area contributed by atoms with E-state index in [2.05, 4.69) is 6.92 Å². The van der Waals surface area contributed by atoms with Gasteiger partial charge in [-0.25, -0.2) is 4.79 Å². The zero-order chi connectivity index (χ0) is 18.8. The van der Waals surface area contributed by atoms with Crippen molar-refractivity contribution < 1.29 is 19.1 Å². The molecular weight excluding hydrogens is 328 g/mol. The van der Waals surface area contributed by atoms with E-state index in [9.17, 15) is 9.59 Å². The summed E-state index contributed by atoms with van der Waals surface area (Å²) in [5.41, 5.74) is 0.221. The molecule has 26 heavy (non-hydrogen) atoms. The molecule has 1 aliphatic rings. The molecule has 1 aromatic carbocycles. The second kappa shape index (κ2) is 10.1. The maximum Gasteiger partial charge on any atom is 0.335 e. The van der Waals surface area contributed by atoms with Gasteiger partial charge in [-0.2, -0.15) is 0 Å². The Morgan fingerprint density at radius 1 is 1.08 bits per heavy atom. The van der Waals surface area contributed by atoms with E-state index >= 15 is 0 Å². The number of carbonyl (C=O) groups excluding carboxylic acids is 2. The molecule has 0 amide bonds. The van der Waals surface area contributed by atoms with Gasteiger partial charge in [0.1, 0.15) is 12.4 Å². The maximum atomic E-state index is 12.1. The van der Waals surface area contributed by atoms with E-state index in [-0.39, 0.29) is 18.4 Å². The smallest absolute Gasteiger partial charge is 0.335 e. The van der Waals surface area contributed by atoms with Crippen LogP contribution in [0.1, 0.15) is 64.4 Å². The van der Waals surface area contributed by atoms with Gasteiger partial charge in [0.2, 0.25) is 0 Å². The number of ketones is 1. The molecular formula is C22H30O4. The van der Waals surface area contributed by atoms with Crippen molar-refractivity contribution in [2.24, 2.45) is 0 Å². The molecule has 0 aromatic heterocycles. The summed E-state index contributed by atoms with van der Waals surface area (Å²) in [7, 11) is 0. The highest BCUT2D eigenvalue weighted by atomic mass is 16.6. The Bertz CT molecular complexity index is 620. The minimum absolute atomic E-state index is 0.0154. The van der Waals surface area contributed by atoms with Gasteiger partial charge in [-0.05, 0) is 25.3 Å². The number of esters is 1. The minimum Gasteiger partial charge on any atom is -0.486 e. The van der Waals surface area contributed by atoms with Gasteiger partial charge in [-0.1, -0.05) is 69.4 Å². The van der Waals surface area contributed by atoms with Crippen LogP contribution in [0.25, 0.3) is 0 Å². The highest BCUT2D eigenvalue weighted by molar-refractivity contribution is 5.86. The number of rotatable bonds is 12. The first-order chi connectivity index (χ1) is 12.5. The molecule has 1 aromatic rings. The third-order valence-electron chi connectivity index (χ3n) is 4.74. The highest BCUT2D eigenvalue weighted by Gasteiger charge is 2.40. The molecule has 0 radical (unpaired) electrons. The molecule has 1 atom stereocenters. The van der Waals surface area contributed by atoms with Crippen LogP contribution in [0.5, 0.6) is 0 Å². The van der Waals surface area contributed by atoms with Crippen LogP contribution in [0.3, 0.4) is 0 Å². The van der Waals surface area contributed by atoms with Crippen LogP contribution in [-0.2, 0) is 25.5 Å². The lowest BCUT2D eigenvalue weighted by Crippen LogP contribution is -2.30. The largest absolute Gasteiger partial charge is 0.486 e. The molecule has 0 aliphatic carbocycles. The van der Waals surface area contributed by atoms with Crippen molar-refractivity contribution in [1.29, 1.82) is 0 Å². The predicted molar refractivity (Wildman–Crippen MR) is 102 cm³/mol. The predicted octanol–water partition coefficient (Wildman–Crippen LogP) is 4.76. The van der Waals surface area contributed by atoms with E-state index in [1.54, 1.807) is 0 Å². The van der Waals surface area contributed by atoms with Crippen LogP contribution in [0.4, 0.5) is 0 Å². The van der Waals surface area contributed by atoms with Crippen LogP contribution in [0.2, 0.25) is 0 Å². The second-order valence-electron chi connectivity index (χ2n) is 7.17. The monoisotopic (exact) mass is 358 g/mol. The summed E-state index contributed by atoms with van der Waals surface area (Å²) in [6, 6.07) is 9.58. The molecule has 0 bridgehead atoms. The molecule has 4 heteroatoms. The fourth-order valence-corrected chi connectivity index (χ4v) is 3.21. The summed E-state index contributed by atoms with van der Waals surface area (Å²) in [5.74, 6) is 0.0832. The third kappa shape index (κ3) is 6.32. The van der Waals surface area contributed by atoms with Crippen molar-refractivity contribution in [2.75, 3.05) is 6.61 Å². The number of unbranched alkanes of at least 4 members (excludes halogenated alkanes) is 5. The van der Waals surface area contributed by atoms with E-state index in [1.807, 2.05) is 37.3 Å². The van der Waals surface area contributed by atoms with Crippen molar-refractivity contribution in [3.63, 3.8) is 0 Å². The first-order valence-electron chi connectivity index (χ1n) is 9.67. The molecule has 1 heterocycles. The molecule has 1 aliphatic heterocycles. The number of carbonyl (C=O) groups is 2. The normalized spacial score (nSPS) is 19.2. The maximum absolute atomic E-state index is 12.1. The third-order valence-corrected chi connectivity index (χ3v) is 4.74. The molecule has 4 nitrogen and oxygen atoms in total. The summed E-state index contributed by atoms with van der Waals surface area (Å²) in [5, 5.41) is 0. The lowest BCUT2D eigenvalue weighted by molar-refractivity contribution is -0.147. The first-order valence-corrected chi connectivity index (χ1v) is 9.67. The summed E-state index contributed by atoms with van der Waals surface area (Å²) < 4.78 is 11.2. The lowest BCUT2D eigenvalue weighted by Gasteiger charge is -2.26. The Hall–Kier alpha value is -2.10. The highest BCUT2D eigenvalue weighted by Crippen LogP contribution is 2.33. The van der Waals surface area contributed by atoms with E-state index in [1.165, 1.54) is 31.8 Å². The van der Waals surface area contributed by atoms with Gasteiger partial charge in [0, 0.05) is 6.42 Å². The van der Waals surface area contributed by atoms with Crippen LogP contribution >= 0.6 is 0 Å². The zero-order valence-electron chi connectivity index (χ0n) is 16.0. The van der Waals surface area contributed by atoms with Crippen LogP contribution in [-0.4, -0.2) is 24.0 Å². The minimum atomic E-state index is -0.741. The molecule has 0 saturated carbocycles. The fourth-order valence-electron chi connectivity index (χ4n) is 3.21. The fraction of sp³-hybridized carbons (Fsp3) is 0.545. The van der Waals surface area contributed by atoms with Crippen molar-refractivity contribution in [1.82, 2.24) is 0 Å². The molecule has 0 fully saturated rings. The Balaban J connectivity index is 1.79. The van der Waals surface area contributed by atoms with Crippen LogP contribution in [0, 0.1) is 0 Å². The molecule has 0 N–H and O–H groups in total. The van der Waals surface area contributed by atoms with Crippen molar-refractivity contribution in [3.05, 3.63) is 47.7 Å². The number of hydrogen-bond donors (Lipinski definition) is 0. The average molecular weight is 358 g/mol. The van der Waals surface area contributed by atoms with Crippen LogP contribution in [0.15, 0.2) is 42.2 Å². The van der Waals surface area contributed by atoms with Gasteiger partial charge in [0.25, 0.3) is 0 Å². The summed E-state index contributed by atoms with van der Waals surface area (Å²) in [6.45, 7) is 4.04.